The Morgan fingerprint density at radius 2 is 1.93 bits per heavy atom. The van der Waals surface area contributed by atoms with Gasteiger partial charge >= 0.3 is 6.09 Å². The summed E-state index contributed by atoms with van der Waals surface area (Å²) in [6, 6.07) is 0. The molecule has 29 heavy (non-hydrogen) atoms. The summed E-state index contributed by atoms with van der Waals surface area (Å²) in [5, 5.41) is 12.4. The molecule has 1 saturated heterocycles. The molecule has 1 fully saturated rings. The molecular formula is C19H35IN6O2S. The number of hydrogen-bond donors (Lipinski definition) is 3. The quantitative estimate of drug-likeness (QED) is 0.204. The smallest absolute Gasteiger partial charge is 0.407 e. The molecule has 3 N–H and O–H groups in total. The van der Waals surface area contributed by atoms with Crippen molar-refractivity contribution >= 4 is 52.5 Å². The summed E-state index contributed by atoms with van der Waals surface area (Å²) < 4.78 is 5.21. The summed E-state index contributed by atoms with van der Waals surface area (Å²) in [7, 11) is 0. The normalized spacial score (nSPS) is 14.3. The molecule has 10 heteroatoms. The summed E-state index contributed by atoms with van der Waals surface area (Å²) in [5.41, 5.74) is 0.608. The van der Waals surface area contributed by atoms with E-state index >= 15 is 0 Å². The van der Waals surface area contributed by atoms with E-state index in [2.05, 4.69) is 31.2 Å². The van der Waals surface area contributed by atoms with Gasteiger partial charge in [0.15, 0.2) is 11.1 Å². The number of carbonyl (C=O) groups is 1. The summed E-state index contributed by atoms with van der Waals surface area (Å²) in [5.74, 6) is 0.739. The predicted octanol–water partition coefficient (Wildman–Crippen LogP) is 2.98. The topological polar surface area (TPSA) is 90.9 Å². The zero-order valence-corrected chi connectivity index (χ0v) is 21.1. The molecule has 1 aromatic heterocycles. The Labute approximate surface area is 195 Å². The van der Waals surface area contributed by atoms with Crippen molar-refractivity contribution in [1.29, 1.82) is 0 Å². The predicted molar refractivity (Wildman–Crippen MR) is 131 cm³/mol. The molecule has 1 aliphatic rings. The molecule has 0 spiro atoms. The molecule has 0 atom stereocenters. The molecule has 1 aromatic rings. The van der Waals surface area contributed by atoms with Crippen molar-refractivity contribution in [2.24, 2.45) is 4.99 Å². The van der Waals surface area contributed by atoms with Crippen molar-refractivity contribution in [2.75, 3.05) is 44.2 Å². The lowest BCUT2D eigenvalue weighted by Crippen LogP contribution is -2.42. The van der Waals surface area contributed by atoms with Crippen molar-refractivity contribution in [3.63, 3.8) is 0 Å². The third-order valence-electron chi connectivity index (χ3n) is 3.98. The Hall–Kier alpha value is -1.30. The van der Waals surface area contributed by atoms with E-state index < -0.39 is 11.7 Å². The first-order valence-corrected chi connectivity index (χ1v) is 10.9. The van der Waals surface area contributed by atoms with E-state index in [1.807, 2.05) is 27.7 Å². The summed E-state index contributed by atoms with van der Waals surface area (Å²) >= 11 is 1.72. The van der Waals surface area contributed by atoms with Gasteiger partial charge in [0.05, 0.1) is 5.69 Å². The summed E-state index contributed by atoms with van der Waals surface area (Å²) in [6.07, 6.45) is 2.94. The number of thiazole rings is 1. The molecule has 0 aromatic carbocycles. The molecule has 0 unspecified atom stereocenters. The van der Waals surface area contributed by atoms with Gasteiger partial charge in [-0.2, -0.15) is 0 Å². The Balaban J connectivity index is 0.00000420. The lowest BCUT2D eigenvalue weighted by molar-refractivity contribution is 0.0529. The van der Waals surface area contributed by atoms with Crippen molar-refractivity contribution in [3.05, 3.63) is 11.1 Å². The van der Waals surface area contributed by atoms with Gasteiger partial charge in [0.25, 0.3) is 0 Å². The lowest BCUT2D eigenvalue weighted by Gasteiger charge is -2.19. The van der Waals surface area contributed by atoms with Gasteiger partial charge in [-0.25, -0.2) is 9.78 Å². The van der Waals surface area contributed by atoms with Crippen LogP contribution in [0.15, 0.2) is 10.4 Å². The lowest BCUT2D eigenvalue weighted by atomic mass is 10.2. The van der Waals surface area contributed by atoms with Crippen molar-refractivity contribution < 1.29 is 9.53 Å². The Kier molecular flexibility index (Phi) is 11.6. The number of halogens is 1. The fourth-order valence-electron chi connectivity index (χ4n) is 2.75. The number of rotatable bonds is 8. The minimum atomic E-state index is -0.488. The van der Waals surface area contributed by atoms with Gasteiger partial charge in [0.1, 0.15) is 5.60 Å². The summed E-state index contributed by atoms with van der Waals surface area (Å²) in [6.45, 7) is 12.3. The Morgan fingerprint density at radius 3 is 2.59 bits per heavy atom. The first-order valence-electron chi connectivity index (χ1n) is 10.1. The molecule has 2 rings (SSSR count). The number of hydrogen-bond acceptors (Lipinski definition) is 6. The van der Waals surface area contributed by atoms with E-state index in [0.717, 1.165) is 42.8 Å². The third kappa shape index (κ3) is 10.3. The van der Waals surface area contributed by atoms with Gasteiger partial charge in [-0.1, -0.05) is 0 Å². The maximum absolute atomic E-state index is 11.6. The highest BCUT2D eigenvalue weighted by Gasteiger charge is 2.16. The van der Waals surface area contributed by atoms with Gasteiger partial charge in [0, 0.05) is 51.1 Å². The number of ether oxygens (including phenoxy) is 1. The van der Waals surface area contributed by atoms with Crippen LogP contribution in [0.1, 0.15) is 46.2 Å². The number of nitrogens with zero attached hydrogens (tertiary/aromatic N) is 3. The highest BCUT2D eigenvalue weighted by atomic mass is 127. The number of guanidine groups is 1. The van der Waals surface area contributed by atoms with Crippen LogP contribution in [0.5, 0.6) is 0 Å². The number of nitrogens with one attached hydrogen (secondary N) is 3. The summed E-state index contributed by atoms with van der Waals surface area (Å²) in [4.78, 5) is 23.3. The molecule has 2 heterocycles. The number of anilines is 1. The van der Waals surface area contributed by atoms with Crippen molar-refractivity contribution in [3.8, 4) is 0 Å². The zero-order chi connectivity index (χ0) is 20.4. The second-order valence-electron chi connectivity index (χ2n) is 7.68. The monoisotopic (exact) mass is 538 g/mol. The van der Waals surface area contributed by atoms with Gasteiger partial charge in [-0.05, 0) is 40.5 Å². The second-order valence-corrected chi connectivity index (χ2v) is 8.52. The first-order chi connectivity index (χ1) is 13.4. The van der Waals surface area contributed by atoms with Crippen LogP contribution in [0.4, 0.5) is 9.93 Å². The highest BCUT2D eigenvalue weighted by molar-refractivity contribution is 14.0. The standard InChI is InChI=1S/C19H34N6O2S.HI/c1-5-20-16(22-10-11-23-18(26)27-19(2,3)4)21-9-8-15-14-28-17(24-15)25-12-6-7-13-25;/h14H,5-13H2,1-4H3,(H,23,26)(H2,20,21,22);1H. The van der Waals surface area contributed by atoms with E-state index in [1.54, 1.807) is 11.3 Å². The minimum absolute atomic E-state index is 0. The number of aromatic nitrogens is 1. The van der Waals surface area contributed by atoms with Crippen LogP contribution >= 0.6 is 35.3 Å². The molecule has 0 aliphatic carbocycles. The van der Waals surface area contributed by atoms with Crippen LogP contribution in [0.2, 0.25) is 0 Å². The average Bonchev–Trinajstić information content (AvgIpc) is 3.28. The number of amides is 1. The number of alkyl carbamates (subject to hydrolysis) is 1. The molecule has 0 bridgehead atoms. The minimum Gasteiger partial charge on any atom is -0.444 e. The maximum atomic E-state index is 11.6. The van der Waals surface area contributed by atoms with Crippen LogP contribution in [0.3, 0.4) is 0 Å². The first kappa shape index (κ1) is 25.7. The SMILES string of the molecule is CCNC(=NCCc1csc(N2CCCC2)n1)NCCNC(=O)OC(C)(C)C.I. The highest BCUT2D eigenvalue weighted by Crippen LogP contribution is 2.24. The average molecular weight is 539 g/mol. The van der Waals surface area contributed by atoms with E-state index in [4.69, 9.17) is 9.72 Å². The molecule has 1 amide bonds. The maximum Gasteiger partial charge on any atom is 0.407 e. The van der Waals surface area contributed by atoms with Crippen LogP contribution in [-0.4, -0.2) is 61.9 Å². The van der Waals surface area contributed by atoms with E-state index in [1.165, 1.54) is 12.8 Å². The molecule has 8 nitrogen and oxygen atoms in total. The Morgan fingerprint density at radius 1 is 1.24 bits per heavy atom. The molecule has 0 saturated carbocycles. The third-order valence-corrected chi connectivity index (χ3v) is 4.93. The molecule has 166 valence electrons. The van der Waals surface area contributed by atoms with E-state index in [-0.39, 0.29) is 24.0 Å². The van der Waals surface area contributed by atoms with Gasteiger partial charge in [0.2, 0.25) is 0 Å². The van der Waals surface area contributed by atoms with Crippen molar-refractivity contribution in [1.82, 2.24) is 20.9 Å². The van der Waals surface area contributed by atoms with Gasteiger partial charge in [-0.15, -0.1) is 35.3 Å². The fraction of sp³-hybridized carbons (Fsp3) is 0.737. The van der Waals surface area contributed by atoms with Crippen LogP contribution in [0, 0.1) is 0 Å². The van der Waals surface area contributed by atoms with E-state index in [0.29, 0.717) is 19.6 Å². The number of carbonyl (C=O) groups excluding carboxylic acids is 1. The molecule has 1 aliphatic heterocycles. The largest absolute Gasteiger partial charge is 0.444 e. The molecule has 0 radical (unpaired) electrons. The number of aliphatic imine (C=N–C) groups is 1. The van der Waals surface area contributed by atoms with E-state index in [9.17, 15) is 4.79 Å². The van der Waals surface area contributed by atoms with Crippen LogP contribution in [-0.2, 0) is 11.2 Å². The Bertz CT molecular complexity index is 641. The zero-order valence-electron chi connectivity index (χ0n) is 17.9. The second kappa shape index (κ2) is 13.1. The van der Waals surface area contributed by atoms with Gasteiger partial charge < -0.3 is 25.6 Å². The molecular weight excluding hydrogens is 503 g/mol. The van der Waals surface area contributed by atoms with Gasteiger partial charge in [-0.3, -0.25) is 4.99 Å². The van der Waals surface area contributed by atoms with Crippen LogP contribution in [0.25, 0.3) is 0 Å². The van der Waals surface area contributed by atoms with Crippen LogP contribution < -0.4 is 20.9 Å². The fourth-order valence-corrected chi connectivity index (χ4v) is 3.66. The van der Waals surface area contributed by atoms with Crippen molar-refractivity contribution in [2.45, 2.75) is 52.6 Å².